The number of phenolic OH excluding ortho intramolecular Hbond substituents is 1. The topological polar surface area (TPSA) is 136 Å². The van der Waals surface area contributed by atoms with Gasteiger partial charge < -0.3 is 14.6 Å². The number of rotatable bonds is 6. The number of aromatic hydroxyl groups is 1. The van der Waals surface area contributed by atoms with Crippen LogP contribution in [-0.2, 0) is 14.3 Å². The molecule has 1 aliphatic rings. The zero-order valence-corrected chi connectivity index (χ0v) is 14.6. The summed E-state index contributed by atoms with van der Waals surface area (Å²) in [4.78, 5) is 46.4. The number of nitro groups is 1. The van der Waals surface area contributed by atoms with Crippen LogP contribution in [0.5, 0.6) is 11.5 Å². The predicted octanol–water partition coefficient (Wildman–Crippen LogP) is 1.91. The average molecular weight is 382 g/mol. The monoisotopic (exact) mass is 382 g/mol. The van der Waals surface area contributed by atoms with Crippen LogP contribution in [0.4, 0.5) is 10.5 Å². The van der Waals surface area contributed by atoms with Gasteiger partial charge in [0.25, 0.3) is 11.1 Å². The first-order valence-electron chi connectivity index (χ1n) is 7.24. The van der Waals surface area contributed by atoms with Gasteiger partial charge >= 0.3 is 11.7 Å². The van der Waals surface area contributed by atoms with E-state index in [1.54, 1.807) is 6.92 Å². The molecular weight excluding hydrogens is 368 g/mol. The number of carbonyl (C=O) groups excluding carboxylic acids is 3. The molecular formula is C15H14N2O8S. The van der Waals surface area contributed by atoms with E-state index in [1.807, 2.05) is 0 Å². The van der Waals surface area contributed by atoms with Gasteiger partial charge in [-0.15, -0.1) is 0 Å². The van der Waals surface area contributed by atoms with Gasteiger partial charge in [0.1, 0.15) is 6.54 Å². The summed E-state index contributed by atoms with van der Waals surface area (Å²) in [6.45, 7) is 1.26. The summed E-state index contributed by atoms with van der Waals surface area (Å²) < 4.78 is 9.58. The van der Waals surface area contributed by atoms with Crippen LogP contribution in [0.3, 0.4) is 0 Å². The molecule has 1 aliphatic heterocycles. The number of hydrogen-bond donors (Lipinski definition) is 1. The highest BCUT2D eigenvalue weighted by Crippen LogP contribution is 2.39. The molecule has 10 nitrogen and oxygen atoms in total. The van der Waals surface area contributed by atoms with Crippen molar-refractivity contribution in [1.29, 1.82) is 0 Å². The minimum Gasteiger partial charge on any atom is -0.500 e. The first-order chi connectivity index (χ1) is 12.3. The van der Waals surface area contributed by atoms with Crippen LogP contribution in [0.25, 0.3) is 6.08 Å². The minimum atomic E-state index is -0.793. The van der Waals surface area contributed by atoms with Gasteiger partial charge in [-0.05, 0) is 36.4 Å². The highest BCUT2D eigenvalue weighted by molar-refractivity contribution is 8.18. The zero-order chi connectivity index (χ0) is 19.4. The average Bonchev–Trinajstić information content (AvgIpc) is 2.84. The van der Waals surface area contributed by atoms with E-state index in [4.69, 9.17) is 4.74 Å². The molecule has 2 amide bonds. The van der Waals surface area contributed by atoms with Gasteiger partial charge in [-0.1, -0.05) is 0 Å². The van der Waals surface area contributed by atoms with Gasteiger partial charge in [0, 0.05) is 6.07 Å². The van der Waals surface area contributed by atoms with Crippen LogP contribution in [-0.4, -0.2) is 52.3 Å². The molecule has 2 rings (SSSR count). The molecule has 1 aromatic carbocycles. The van der Waals surface area contributed by atoms with E-state index in [9.17, 15) is 29.6 Å². The fraction of sp³-hybridized carbons (Fsp3) is 0.267. The molecule has 26 heavy (non-hydrogen) atoms. The van der Waals surface area contributed by atoms with Gasteiger partial charge in [-0.25, -0.2) is 0 Å². The molecule has 0 spiro atoms. The molecule has 1 N–H and O–H groups in total. The number of hydrogen-bond acceptors (Lipinski definition) is 9. The SMILES string of the molecule is CCOc1cc(/C=C2\SC(=O)N(CC(=O)OC)C2=O)cc([N+](=O)[O-])c1O. The number of thioether (sulfide) groups is 1. The third-order valence-corrected chi connectivity index (χ3v) is 4.17. The van der Waals surface area contributed by atoms with E-state index in [-0.39, 0.29) is 22.8 Å². The van der Waals surface area contributed by atoms with E-state index in [0.29, 0.717) is 16.7 Å². The smallest absolute Gasteiger partial charge is 0.325 e. The van der Waals surface area contributed by atoms with Crippen molar-refractivity contribution in [3.8, 4) is 11.5 Å². The predicted molar refractivity (Wildman–Crippen MR) is 90.6 cm³/mol. The van der Waals surface area contributed by atoms with Gasteiger partial charge in [-0.3, -0.25) is 29.4 Å². The van der Waals surface area contributed by atoms with Gasteiger partial charge in [0.05, 0.1) is 23.5 Å². The lowest BCUT2D eigenvalue weighted by Crippen LogP contribution is -2.34. The summed E-state index contributed by atoms with van der Waals surface area (Å²) in [7, 11) is 1.13. The largest absolute Gasteiger partial charge is 0.500 e. The number of esters is 1. The summed E-state index contributed by atoms with van der Waals surface area (Å²) in [6, 6.07) is 2.35. The number of benzene rings is 1. The fourth-order valence-electron chi connectivity index (χ4n) is 2.08. The van der Waals surface area contributed by atoms with E-state index < -0.39 is 40.0 Å². The molecule has 138 valence electrons. The Labute approximate surface area is 151 Å². The molecule has 0 unspecified atom stereocenters. The van der Waals surface area contributed by atoms with Crippen molar-refractivity contribution < 1.29 is 33.9 Å². The lowest BCUT2D eigenvalue weighted by molar-refractivity contribution is -0.386. The Bertz CT molecular complexity index is 820. The molecule has 0 bridgehead atoms. The van der Waals surface area contributed by atoms with E-state index in [2.05, 4.69) is 4.74 Å². The first-order valence-corrected chi connectivity index (χ1v) is 8.06. The lowest BCUT2D eigenvalue weighted by atomic mass is 10.1. The standard InChI is InChI=1S/C15H14N2O8S/c1-3-25-10-5-8(4-9(13(10)19)17(22)23)6-11-14(20)16(15(21)26-11)7-12(18)24-2/h4-6,19H,3,7H2,1-2H3/b11-6-. The van der Waals surface area contributed by atoms with Crippen LogP contribution in [0.1, 0.15) is 12.5 Å². The van der Waals surface area contributed by atoms with Crippen LogP contribution in [0.2, 0.25) is 0 Å². The zero-order valence-electron chi connectivity index (χ0n) is 13.8. The molecule has 0 saturated carbocycles. The number of amides is 2. The van der Waals surface area contributed by atoms with Crippen LogP contribution in [0.15, 0.2) is 17.0 Å². The van der Waals surface area contributed by atoms with Crippen LogP contribution < -0.4 is 4.74 Å². The van der Waals surface area contributed by atoms with Gasteiger partial charge in [-0.2, -0.15) is 0 Å². The number of methoxy groups -OCH3 is 1. The second-order valence-electron chi connectivity index (χ2n) is 4.92. The Hall–Kier alpha value is -3.08. The highest BCUT2D eigenvalue weighted by Gasteiger charge is 2.36. The first kappa shape index (κ1) is 19.2. The van der Waals surface area contributed by atoms with Crippen molar-refractivity contribution in [3.63, 3.8) is 0 Å². The minimum absolute atomic E-state index is 0.0265. The van der Waals surface area contributed by atoms with Crippen LogP contribution >= 0.6 is 11.8 Å². The summed E-state index contributed by atoms with van der Waals surface area (Å²) in [5, 5.41) is 20.3. The van der Waals surface area contributed by atoms with E-state index in [1.165, 1.54) is 12.1 Å². The molecule has 1 heterocycles. The molecule has 1 aromatic rings. The molecule has 0 atom stereocenters. The Morgan fingerprint density at radius 1 is 1.42 bits per heavy atom. The van der Waals surface area contributed by atoms with Crippen molar-refractivity contribution in [1.82, 2.24) is 4.90 Å². The summed E-state index contributed by atoms with van der Waals surface area (Å²) in [6.07, 6.45) is 1.25. The molecule has 0 radical (unpaired) electrons. The number of imide groups is 1. The number of nitrogens with zero attached hydrogens (tertiary/aromatic N) is 2. The van der Waals surface area contributed by atoms with Crippen molar-refractivity contribution in [2.24, 2.45) is 0 Å². The van der Waals surface area contributed by atoms with Crippen molar-refractivity contribution in [3.05, 3.63) is 32.7 Å². The Balaban J connectivity index is 2.40. The van der Waals surface area contributed by atoms with Crippen molar-refractivity contribution in [2.45, 2.75) is 6.92 Å². The molecule has 0 aliphatic carbocycles. The third-order valence-electron chi connectivity index (χ3n) is 3.26. The number of ether oxygens (including phenoxy) is 2. The highest BCUT2D eigenvalue weighted by atomic mass is 32.2. The number of phenols is 1. The second-order valence-corrected chi connectivity index (χ2v) is 5.91. The molecule has 0 aromatic heterocycles. The number of carbonyl (C=O) groups is 3. The Morgan fingerprint density at radius 3 is 2.69 bits per heavy atom. The maximum absolute atomic E-state index is 12.3. The Kier molecular flexibility index (Phi) is 5.82. The molecule has 11 heteroatoms. The maximum atomic E-state index is 12.3. The van der Waals surface area contributed by atoms with Crippen molar-refractivity contribution in [2.75, 3.05) is 20.3 Å². The normalized spacial score (nSPS) is 15.5. The lowest BCUT2D eigenvalue weighted by Gasteiger charge is -2.10. The summed E-state index contributed by atoms with van der Waals surface area (Å²) in [5.41, 5.74) is -0.419. The van der Waals surface area contributed by atoms with E-state index >= 15 is 0 Å². The van der Waals surface area contributed by atoms with Crippen LogP contribution in [0, 0.1) is 10.1 Å². The number of nitro benzene ring substituents is 1. The maximum Gasteiger partial charge on any atom is 0.325 e. The molecule has 1 fully saturated rings. The second kappa shape index (κ2) is 7.87. The molecule has 1 saturated heterocycles. The van der Waals surface area contributed by atoms with Crippen molar-refractivity contribution >= 4 is 40.6 Å². The van der Waals surface area contributed by atoms with E-state index in [0.717, 1.165) is 13.2 Å². The Morgan fingerprint density at radius 2 is 2.12 bits per heavy atom. The quantitative estimate of drug-likeness (QED) is 0.338. The summed E-state index contributed by atoms with van der Waals surface area (Å²) >= 11 is 0.584. The van der Waals surface area contributed by atoms with Gasteiger partial charge in [0.2, 0.25) is 5.75 Å². The fourth-order valence-corrected chi connectivity index (χ4v) is 2.92. The summed E-state index contributed by atoms with van der Waals surface area (Å²) in [5.74, 6) is -2.24. The van der Waals surface area contributed by atoms with Gasteiger partial charge in [0.15, 0.2) is 5.75 Å². The third kappa shape index (κ3) is 3.94.